The molecule has 1 aliphatic rings. The van der Waals surface area contributed by atoms with Crippen LogP contribution < -0.4 is 0 Å². The van der Waals surface area contributed by atoms with Crippen LogP contribution in [0.25, 0.3) is 0 Å². The zero-order valence-corrected chi connectivity index (χ0v) is 11.7. The number of rotatable bonds is 4. The Morgan fingerprint density at radius 1 is 1.19 bits per heavy atom. The maximum atomic E-state index is 3.68. The molecule has 0 nitrogen and oxygen atoms in total. The van der Waals surface area contributed by atoms with Gasteiger partial charge in [0, 0.05) is 5.33 Å². The van der Waals surface area contributed by atoms with E-state index >= 15 is 0 Å². The van der Waals surface area contributed by atoms with Gasteiger partial charge in [-0.15, -0.1) is 0 Å². The second kappa shape index (κ2) is 5.86. The fourth-order valence-corrected chi connectivity index (χ4v) is 3.41. The van der Waals surface area contributed by atoms with E-state index in [0.29, 0.717) is 5.92 Å². The topological polar surface area (TPSA) is 0 Å². The Hall–Kier alpha value is -0.300. The highest BCUT2D eigenvalue weighted by atomic mass is 79.9. The summed E-state index contributed by atoms with van der Waals surface area (Å²) in [6.45, 7) is 2.16. The monoisotopic (exact) mass is 280 g/mol. The van der Waals surface area contributed by atoms with E-state index in [9.17, 15) is 0 Å². The predicted octanol–water partition coefficient (Wildman–Crippen LogP) is 5.05. The van der Waals surface area contributed by atoms with E-state index in [4.69, 9.17) is 0 Å². The van der Waals surface area contributed by atoms with Crippen molar-refractivity contribution in [3.63, 3.8) is 0 Å². The van der Waals surface area contributed by atoms with Gasteiger partial charge in [0.05, 0.1) is 0 Å². The molecule has 0 radical (unpaired) electrons. The van der Waals surface area contributed by atoms with Crippen LogP contribution in [0.2, 0.25) is 0 Å². The average Bonchev–Trinajstić information content (AvgIpc) is 2.80. The number of hydrogen-bond donors (Lipinski definition) is 0. The van der Waals surface area contributed by atoms with Gasteiger partial charge in [0.2, 0.25) is 0 Å². The van der Waals surface area contributed by atoms with Crippen LogP contribution in [-0.4, -0.2) is 5.33 Å². The molecule has 0 aliphatic heterocycles. The molecule has 0 bridgehead atoms. The zero-order chi connectivity index (χ0) is 11.4. The van der Waals surface area contributed by atoms with Gasteiger partial charge < -0.3 is 0 Å². The van der Waals surface area contributed by atoms with Crippen LogP contribution in [0, 0.1) is 12.8 Å². The molecule has 1 unspecified atom stereocenters. The third-order valence-corrected chi connectivity index (χ3v) is 4.61. The molecule has 0 N–H and O–H groups in total. The molecular formula is C15H21Br. The molecular weight excluding hydrogens is 260 g/mol. The lowest BCUT2D eigenvalue weighted by molar-refractivity contribution is 0.464. The second-order valence-electron chi connectivity index (χ2n) is 5.15. The van der Waals surface area contributed by atoms with Gasteiger partial charge in [-0.1, -0.05) is 71.4 Å². The van der Waals surface area contributed by atoms with E-state index in [0.717, 1.165) is 11.2 Å². The van der Waals surface area contributed by atoms with Crippen LogP contribution in [-0.2, 0) is 0 Å². The fraction of sp³-hybridized carbons (Fsp3) is 0.600. The molecule has 88 valence electrons. The highest BCUT2D eigenvalue weighted by Gasteiger charge is 2.20. The summed E-state index contributed by atoms with van der Waals surface area (Å²) in [5, 5.41) is 1.10. The normalized spacial score (nSPS) is 18.9. The molecule has 0 spiro atoms. The van der Waals surface area contributed by atoms with E-state index in [1.54, 1.807) is 0 Å². The standard InChI is InChI=1S/C15H21Br/c1-12-6-8-14(9-7-12)15(11-16)10-13-4-2-3-5-13/h6-9,13,15H,2-5,10-11H2,1H3. The summed E-state index contributed by atoms with van der Waals surface area (Å²) in [5.41, 5.74) is 2.87. The first kappa shape index (κ1) is 12.2. The van der Waals surface area contributed by atoms with Crippen molar-refractivity contribution in [3.8, 4) is 0 Å². The van der Waals surface area contributed by atoms with Crippen molar-refractivity contribution in [2.24, 2.45) is 5.92 Å². The lowest BCUT2D eigenvalue weighted by Gasteiger charge is -2.19. The van der Waals surface area contributed by atoms with Crippen molar-refractivity contribution in [1.29, 1.82) is 0 Å². The van der Waals surface area contributed by atoms with Crippen molar-refractivity contribution in [2.75, 3.05) is 5.33 Å². The Bertz CT molecular complexity index is 309. The van der Waals surface area contributed by atoms with Gasteiger partial charge in [-0.2, -0.15) is 0 Å². The number of alkyl halides is 1. The molecule has 1 saturated carbocycles. The predicted molar refractivity (Wildman–Crippen MR) is 74.3 cm³/mol. The van der Waals surface area contributed by atoms with Crippen LogP contribution in [0.1, 0.15) is 49.1 Å². The molecule has 1 aromatic rings. The summed E-state index contributed by atoms with van der Waals surface area (Å²) in [7, 11) is 0. The lowest BCUT2D eigenvalue weighted by Crippen LogP contribution is -2.06. The molecule has 1 atom stereocenters. The second-order valence-corrected chi connectivity index (χ2v) is 5.80. The summed E-state index contributed by atoms with van der Waals surface area (Å²) in [4.78, 5) is 0. The van der Waals surface area contributed by atoms with Gasteiger partial charge in [-0.3, -0.25) is 0 Å². The maximum Gasteiger partial charge on any atom is 0.0100 e. The van der Waals surface area contributed by atoms with Crippen molar-refractivity contribution in [2.45, 2.75) is 44.9 Å². The Morgan fingerprint density at radius 2 is 1.81 bits per heavy atom. The van der Waals surface area contributed by atoms with Crippen LogP contribution in [0.5, 0.6) is 0 Å². The van der Waals surface area contributed by atoms with E-state index < -0.39 is 0 Å². The summed E-state index contributed by atoms with van der Waals surface area (Å²) in [5.74, 6) is 1.69. The molecule has 1 aliphatic carbocycles. The van der Waals surface area contributed by atoms with Gasteiger partial charge in [0.15, 0.2) is 0 Å². The van der Waals surface area contributed by atoms with Gasteiger partial charge in [-0.25, -0.2) is 0 Å². The third-order valence-electron chi connectivity index (χ3n) is 3.83. The fourth-order valence-electron chi connectivity index (χ4n) is 2.78. The summed E-state index contributed by atoms with van der Waals surface area (Å²) in [6.07, 6.45) is 7.18. The van der Waals surface area contributed by atoms with Gasteiger partial charge in [-0.05, 0) is 30.7 Å². The van der Waals surface area contributed by atoms with Gasteiger partial charge in [0.1, 0.15) is 0 Å². The van der Waals surface area contributed by atoms with E-state index in [1.165, 1.54) is 43.2 Å². The molecule has 16 heavy (non-hydrogen) atoms. The van der Waals surface area contributed by atoms with E-state index in [2.05, 4.69) is 47.1 Å². The van der Waals surface area contributed by atoms with Crippen LogP contribution in [0.3, 0.4) is 0 Å². The quantitative estimate of drug-likeness (QED) is 0.677. The average molecular weight is 281 g/mol. The molecule has 1 heteroatoms. The number of benzene rings is 1. The Morgan fingerprint density at radius 3 is 2.38 bits per heavy atom. The lowest BCUT2D eigenvalue weighted by atomic mass is 9.89. The van der Waals surface area contributed by atoms with Crippen LogP contribution in [0.15, 0.2) is 24.3 Å². The van der Waals surface area contributed by atoms with Crippen molar-refractivity contribution in [1.82, 2.24) is 0 Å². The largest absolute Gasteiger partial charge is 0.0921 e. The maximum absolute atomic E-state index is 3.68. The van der Waals surface area contributed by atoms with Crippen molar-refractivity contribution < 1.29 is 0 Å². The first-order valence-electron chi connectivity index (χ1n) is 6.42. The molecule has 0 heterocycles. The number of aryl methyl sites for hydroxylation is 1. The minimum Gasteiger partial charge on any atom is -0.0921 e. The Balaban J connectivity index is 2.00. The highest BCUT2D eigenvalue weighted by Crippen LogP contribution is 2.34. The molecule has 2 rings (SSSR count). The first-order valence-corrected chi connectivity index (χ1v) is 7.54. The SMILES string of the molecule is Cc1ccc(C(CBr)CC2CCCC2)cc1. The summed E-state index contributed by atoms with van der Waals surface area (Å²) in [6, 6.07) is 9.08. The molecule has 1 aromatic carbocycles. The highest BCUT2D eigenvalue weighted by molar-refractivity contribution is 9.09. The van der Waals surface area contributed by atoms with E-state index in [-0.39, 0.29) is 0 Å². The van der Waals surface area contributed by atoms with Gasteiger partial charge >= 0.3 is 0 Å². The summed E-state index contributed by atoms with van der Waals surface area (Å²) >= 11 is 3.68. The van der Waals surface area contributed by atoms with Crippen LogP contribution >= 0.6 is 15.9 Å². The number of hydrogen-bond acceptors (Lipinski definition) is 0. The van der Waals surface area contributed by atoms with Gasteiger partial charge in [0.25, 0.3) is 0 Å². The molecule has 1 fully saturated rings. The molecule has 0 aromatic heterocycles. The summed E-state index contributed by atoms with van der Waals surface area (Å²) < 4.78 is 0. The smallest absolute Gasteiger partial charge is 0.0100 e. The first-order chi connectivity index (χ1) is 7.79. The zero-order valence-electron chi connectivity index (χ0n) is 10.1. The Labute approximate surface area is 108 Å². The Kier molecular flexibility index (Phi) is 4.45. The number of halogens is 1. The minimum absolute atomic E-state index is 0.712. The van der Waals surface area contributed by atoms with Crippen LogP contribution in [0.4, 0.5) is 0 Å². The van der Waals surface area contributed by atoms with Crippen molar-refractivity contribution in [3.05, 3.63) is 35.4 Å². The minimum atomic E-state index is 0.712. The van der Waals surface area contributed by atoms with E-state index in [1.807, 2.05) is 0 Å². The molecule has 0 saturated heterocycles. The van der Waals surface area contributed by atoms with Crippen molar-refractivity contribution >= 4 is 15.9 Å². The molecule has 0 amide bonds. The third kappa shape index (κ3) is 3.10.